The maximum atomic E-state index is 11.7. The maximum Gasteiger partial charge on any atom is 0.161 e. The molecule has 1 aliphatic heterocycles. The van der Waals surface area contributed by atoms with Gasteiger partial charge in [0.25, 0.3) is 0 Å². The van der Waals surface area contributed by atoms with E-state index in [0.29, 0.717) is 6.61 Å². The summed E-state index contributed by atoms with van der Waals surface area (Å²) in [7, 11) is 0. The third-order valence-corrected chi connectivity index (χ3v) is 3.60. The highest BCUT2D eigenvalue weighted by atomic mass is 79.9. The van der Waals surface area contributed by atoms with E-state index in [9.17, 15) is 4.79 Å². The van der Waals surface area contributed by atoms with E-state index in [1.54, 1.807) is 6.92 Å². The fraction of sp³-hybridized carbons (Fsp3) is 0.500. The quantitative estimate of drug-likeness (QED) is 0.785. The molecule has 0 saturated carbocycles. The number of hydrogen-bond donors (Lipinski definition) is 0. The fourth-order valence-corrected chi connectivity index (χ4v) is 2.64. The van der Waals surface area contributed by atoms with Crippen LogP contribution in [0, 0.1) is 0 Å². The molecular formula is C14H18BrNO2. The second kappa shape index (κ2) is 5.02. The molecule has 1 aromatic carbocycles. The van der Waals surface area contributed by atoms with Gasteiger partial charge in [0.2, 0.25) is 0 Å². The molecular weight excluding hydrogens is 294 g/mol. The van der Waals surface area contributed by atoms with Gasteiger partial charge in [-0.05, 0) is 39.0 Å². The van der Waals surface area contributed by atoms with Crippen LogP contribution in [0.5, 0.6) is 0 Å². The van der Waals surface area contributed by atoms with E-state index in [2.05, 4.69) is 34.7 Å². The third kappa shape index (κ3) is 2.93. The zero-order chi connectivity index (χ0) is 13.3. The standard InChI is InChI=1S/C14H18BrNO2/c1-10(17)12-5-4-11(15)8-13(12)16-6-7-18-14(2,3)9-16/h4-5,8H,6-7,9H2,1-3H3. The zero-order valence-electron chi connectivity index (χ0n) is 11.0. The molecule has 18 heavy (non-hydrogen) atoms. The molecule has 0 unspecified atom stereocenters. The Morgan fingerprint density at radius 3 is 2.78 bits per heavy atom. The number of nitrogens with zero attached hydrogens (tertiary/aromatic N) is 1. The lowest BCUT2D eigenvalue weighted by molar-refractivity contribution is -0.0277. The van der Waals surface area contributed by atoms with Gasteiger partial charge < -0.3 is 9.64 Å². The van der Waals surface area contributed by atoms with E-state index in [1.165, 1.54) is 0 Å². The summed E-state index contributed by atoms with van der Waals surface area (Å²) < 4.78 is 6.70. The van der Waals surface area contributed by atoms with Gasteiger partial charge in [-0.3, -0.25) is 4.79 Å². The van der Waals surface area contributed by atoms with Crippen LogP contribution in [-0.2, 0) is 4.74 Å². The van der Waals surface area contributed by atoms with E-state index < -0.39 is 0 Å². The first-order valence-electron chi connectivity index (χ1n) is 6.08. The van der Waals surface area contributed by atoms with E-state index in [1.807, 2.05) is 18.2 Å². The first-order chi connectivity index (χ1) is 8.39. The summed E-state index contributed by atoms with van der Waals surface area (Å²) in [6, 6.07) is 5.80. The number of morpholine rings is 1. The van der Waals surface area contributed by atoms with Crippen molar-refractivity contribution >= 4 is 27.4 Å². The second-order valence-corrected chi connectivity index (χ2v) is 6.16. The molecule has 4 heteroatoms. The molecule has 2 rings (SSSR count). The van der Waals surface area contributed by atoms with Crippen molar-refractivity contribution < 1.29 is 9.53 Å². The van der Waals surface area contributed by atoms with Crippen molar-refractivity contribution in [3.63, 3.8) is 0 Å². The van der Waals surface area contributed by atoms with E-state index in [0.717, 1.165) is 28.8 Å². The fourth-order valence-electron chi connectivity index (χ4n) is 2.29. The van der Waals surface area contributed by atoms with Crippen molar-refractivity contribution in [2.45, 2.75) is 26.4 Å². The average molecular weight is 312 g/mol. The van der Waals surface area contributed by atoms with E-state index in [4.69, 9.17) is 4.74 Å². The first kappa shape index (κ1) is 13.6. The number of carbonyl (C=O) groups excluding carboxylic acids is 1. The Morgan fingerprint density at radius 1 is 1.44 bits per heavy atom. The summed E-state index contributed by atoms with van der Waals surface area (Å²) in [6.07, 6.45) is 0. The summed E-state index contributed by atoms with van der Waals surface area (Å²) in [5.74, 6) is 0.0989. The number of carbonyl (C=O) groups is 1. The molecule has 1 aliphatic rings. The molecule has 1 saturated heterocycles. The summed E-state index contributed by atoms with van der Waals surface area (Å²) in [5, 5.41) is 0. The van der Waals surface area contributed by atoms with Crippen LogP contribution >= 0.6 is 15.9 Å². The van der Waals surface area contributed by atoms with Crippen LogP contribution in [0.15, 0.2) is 22.7 Å². The monoisotopic (exact) mass is 311 g/mol. The van der Waals surface area contributed by atoms with Crippen LogP contribution < -0.4 is 4.90 Å². The summed E-state index contributed by atoms with van der Waals surface area (Å²) in [4.78, 5) is 13.9. The second-order valence-electron chi connectivity index (χ2n) is 5.25. The summed E-state index contributed by atoms with van der Waals surface area (Å²) >= 11 is 3.47. The average Bonchev–Trinajstić information content (AvgIpc) is 2.27. The van der Waals surface area contributed by atoms with Crippen LogP contribution in [0.1, 0.15) is 31.1 Å². The van der Waals surface area contributed by atoms with E-state index >= 15 is 0 Å². The Balaban J connectivity index is 2.37. The van der Waals surface area contributed by atoms with Crippen molar-refractivity contribution in [2.24, 2.45) is 0 Å². The van der Waals surface area contributed by atoms with Crippen LogP contribution in [0.25, 0.3) is 0 Å². The number of hydrogen-bond acceptors (Lipinski definition) is 3. The van der Waals surface area contributed by atoms with Crippen molar-refractivity contribution in [1.82, 2.24) is 0 Å². The van der Waals surface area contributed by atoms with Gasteiger partial charge in [0.05, 0.1) is 12.2 Å². The normalized spacial score (nSPS) is 18.8. The Bertz CT molecular complexity index is 471. The van der Waals surface area contributed by atoms with Crippen LogP contribution in [-0.4, -0.2) is 31.1 Å². The molecule has 3 nitrogen and oxygen atoms in total. The predicted octanol–water partition coefficient (Wildman–Crippen LogP) is 3.27. The Kier molecular flexibility index (Phi) is 3.78. The lowest BCUT2D eigenvalue weighted by Crippen LogP contribution is -2.48. The molecule has 0 atom stereocenters. The van der Waals surface area contributed by atoms with E-state index in [-0.39, 0.29) is 11.4 Å². The number of Topliss-reactive ketones (excluding diaryl/α,β-unsaturated/α-hetero) is 1. The smallest absolute Gasteiger partial charge is 0.161 e. The van der Waals surface area contributed by atoms with Gasteiger partial charge in [-0.2, -0.15) is 0 Å². The zero-order valence-corrected chi connectivity index (χ0v) is 12.6. The molecule has 0 bridgehead atoms. The number of ketones is 1. The molecule has 98 valence electrons. The highest BCUT2D eigenvalue weighted by Gasteiger charge is 2.28. The van der Waals surface area contributed by atoms with Gasteiger partial charge >= 0.3 is 0 Å². The molecule has 1 aromatic rings. The minimum Gasteiger partial charge on any atom is -0.372 e. The molecule has 0 aromatic heterocycles. The number of halogens is 1. The predicted molar refractivity (Wildman–Crippen MR) is 76.4 cm³/mol. The Morgan fingerprint density at radius 2 is 2.17 bits per heavy atom. The topological polar surface area (TPSA) is 29.5 Å². The first-order valence-corrected chi connectivity index (χ1v) is 6.88. The number of benzene rings is 1. The van der Waals surface area contributed by atoms with Crippen LogP contribution in [0.3, 0.4) is 0 Å². The van der Waals surface area contributed by atoms with Gasteiger partial charge in [0, 0.05) is 28.8 Å². The van der Waals surface area contributed by atoms with Gasteiger partial charge in [0.1, 0.15) is 0 Å². The van der Waals surface area contributed by atoms with Crippen molar-refractivity contribution in [3.8, 4) is 0 Å². The van der Waals surface area contributed by atoms with Crippen LogP contribution in [0.4, 0.5) is 5.69 Å². The molecule has 0 amide bonds. The molecule has 1 heterocycles. The SMILES string of the molecule is CC(=O)c1ccc(Br)cc1N1CCOC(C)(C)C1. The number of rotatable bonds is 2. The van der Waals surface area contributed by atoms with Gasteiger partial charge in [0.15, 0.2) is 5.78 Å². The Hall–Kier alpha value is -0.870. The Labute approximate surface area is 116 Å². The highest BCUT2D eigenvalue weighted by molar-refractivity contribution is 9.10. The van der Waals surface area contributed by atoms with Crippen molar-refractivity contribution in [1.29, 1.82) is 0 Å². The number of ether oxygens (including phenoxy) is 1. The van der Waals surface area contributed by atoms with Crippen LogP contribution in [0.2, 0.25) is 0 Å². The summed E-state index contributed by atoms with van der Waals surface area (Å²) in [6.45, 7) is 8.06. The molecule has 0 radical (unpaired) electrons. The molecule has 1 fully saturated rings. The van der Waals surface area contributed by atoms with Gasteiger partial charge in [-0.25, -0.2) is 0 Å². The lowest BCUT2D eigenvalue weighted by Gasteiger charge is -2.40. The van der Waals surface area contributed by atoms with Crippen molar-refractivity contribution in [2.75, 3.05) is 24.6 Å². The lowest BCUT2D eigenvalue weighted by atomic mass is 10.0. The third-order valence-electron chi connectivity index (χ3n) is 3.11. The molecule has 0 N–H and O–H groups in total. The van der Waals surface area contributed by atoms with Crippen molar-refractivity contribution in [3.05, 3.63) is 28.2 Å². The number of anilines is 1. The maximum absolute atomic E-state index is 11.7. The highest BCUT2D eigenvalue weighted by Crippen LogP contribution is 2.29. The molecule has 0 spiro atoms. The van der Waals surface area contributed by atoms with Gasteiger partial charge in [-0.15, -0.1) is 0 Å². The minimum absolute atomic E-state index is 0.0989. The largest absolute Gasteiger partial charge is 0.372 e. The minimum atomic E-state index is -0.172. The summed E-state index contributed by atoms with van der Waals surface area (Å²) in [5.41, 5.74) is 1.60. The molecule has 0 aliphatic carbocycles. The van der Waals surface area contributed by atoms with Gasteiger partial charge in [-0.1, -0.05) is 15.9 Å².